The number of aromatic nitrogens is 1. The molecule has 0 radical (unpaired) electrons. The molecule has 21 heavy (non-hydrogen) atoms. The molecule has 0 aliphatic rings. The number of thiazole rings is 1. The van der Waals surface area contributed by atoms with Gasteiger partial charge in [0.1, 0.15) is 5.01 Å². The standard InChI is InChI=1S/C13H17BrN4S2.HI/c1-9-7-17-12(19-9)8-18-13(15-2)16-6-5-10-3-4-11(14)20-10;/h3-4,7H,5-6,8H2,1-2H3,(H2,15,16,18);1H. The summed E-state index contributed by atoms with van der Waals surface area (Å²) < 4.78 is 1.18. The highest BCUT2D eigenvalue weighted by Gasteiger charge is 2.02. The Morgan fingerprint density at radius 1 is 1.33 bits per heavy atom. The zero-order valence-electron chi connectivity index (χ0n) is 11.9. The van der Waals surface area contributed by atoms with Crippen molar-refractivity contribution in [2.45, 2.75) is 19.9 Å². The second-order valence-corrected chi connectivity index (χ2v) is 8.04. The molecule has 0 saturated carbocycles. The molecule has 0 amide bonds. The van der Waals surface area contributed by atoms with E-state index in [2.05, 4.69) is 55.6 Å². The average Bonchev–Trinajstić information content (AvgIpc) is 3.02. The third-order valence-electron chi connectivity index (χ3n) is 2.59. The van der Waals surface area contributed by atoms with Crippen LogP contribution in [-0.4, -0.2) is 24.5 Å². The van der Waals surface area contributed by atoms with Gasteiger partial charge < -0.3 is 10.6 Å². The smallest absolute Gasteiger partial charge is 0.191 e. The van der Waals surface area contributed by atoms with E-state index in [1.807, 2.05) is 6.20 Å². The summed E-state index contributed by atoms with van der Waals surface area (Å²) in [7, 11) is 1.78. The maximum Gasteiger partial charge on any atom is 0.191 e. The predicted octanol–water partition coefficient (Wildman–Crippen LogP) is 3.80. The minimum absolute atomic E-state index is 0. The van der Waals surface area contributed by atoms with Crippen molar-refractivity contribution in [3.63, 3.8) is 0 Å². The van der Waals surface area contributed by atoms with Crippen molar-refractivity contribution in [1.29, 1.82) is 0 Å². The molecular formula is C13H18BrIN4S2. The topological polar surface area (TPSA) is 49.3 Å². The Kier molecular flexibility index (Phi) is 8.76. The lowest BCUT2D eigenvalue weighted by molar-refractivity contribution is 0.796. The summed E-state index contributed by atoms with van der Waals surface area (Å²) in [5, 5.41) is 7.66. The van der Waals surface area contributed by atoms with Crippen LogP contribution in [0.25, 0.3) is 0 Å². The van der Waals surface area contributed by atoms with E-state index in [1.165, 1.54) is 13.5 Å². The Bertz CT molecular complexity index is 582. The van der Waals surface area contributed by atoms with Crippen molar-refractivity contribution in [2.24, 2.45) is 4.99 Å². The summed E-state index contributed by atoms with van der Waals surface area (Å²) in [6.07, 6.45) is 2.89. The predicted molar refractivity (Wildman–Crippen MR) is 106 cm³/mol. The molecule has 0 aromatic carbocycles. The summed E-state index contributed by atoms with van der Waals surface area (Å²) in [5.74, 6) is 0.813. The number of hydrogen-bond donors (Lipinski definition) is 2. The summed E-state index contributed by atoms with van der Waals surface area (Å²) in [5.41, 5.74) is 0. The van der Waals surface area contributed by atoms with Crippen LogP contribution in [0.2, 0.25) is 0 Å². The van der Waals surface area contributed by atoms with Crippen molar-refractivity contribution >= 4 is 68.5 Å². The van der Waals surface area contributed by atoms with Gasteiger partial charge in [0, 0.05) is 29.5 Å². The van der Waals surface area contributed by atoms with Gasteiger partial charge in [-0.3, -0.25) is 4.99 Å². The van der Waals surface area contributed by atoms with Crippen molar-refractivity contribution in [3.05, 3.63) is 36.9 Å². The SMILES string of the molecule is CN=C(NCCc1ccc(Br)s1)NCc1ncc(C)s1.I. The van der Waals surface area contributed by atoms with Crippen molar-refractivity contribution < 1.29 is 0 Å². The number of aliphatic imine (C=N–C) groups is 1. The number of nitrogens with zero attached hydrogens (tertiary/aromatic N) is 2. The number of aryl methyl sites for hydroxylation is 1. The van der Waals surface area contributed by atoms with Gasteiger partial charge in [0.15, 0.2) is 5.96 Å². The van der Waals surface area contributed by atoms with E-state index in [1.54, 1.807) is 29.7 Å². The Morgan fingerprint density at radius 3 is 2.71 bits per heavy atom. The number of guanidine groups is 1. The van der Waals surface area contributed by atoms with E-state index in [0.717, 1.165) is 23.9 Å². The number of halogens is 2. The minimum atomic E-state index is 0. The van der Waals surface area contributed by atoms with Crippen LogP contribution in [-0.2, 0) is 13.0 Å². The molecule has 2 heterocycles. The van der Waals surface area contributed by atoms with Crippen molar-refractivity contribution in [2.75, 3.05) is 13.6 Å². The third kappa shape index (κ3) is 6.62. The first-order valence-corrected chi connectivity index (χ1v) is 8.70. The number of thiophene rings is 1. The van der Waals surface area contributed by atoms with Gasteiger partial charge in [0.2, 0.25) is 0 Å². The van der Waals surface area contributed by atoms with Gasteiger partial charge in [-0.2, -0.15) is 0 Å². The molecular weight excluding hydrogens is 483 g/mol. The molecule has 0 atom stereocenters. The van der Waals surface area contributed by atoms with E-state index in [0.29, 0.717) is 6.54 Å². The quantitative estimate of drug-likeness (QED) is 0.373. The molecule has 0 unspecified atom stereocenters. The lowest BCUT2D eigenvalue weighted by Crippen LogP contribution is -2.37. The molecule has 2 N–H and O–H groups in total. The monoisotopic (exact) mass is 500 g/mol. The third-order valence-corrected chi connectivity index (χ3v) is 5.19. The van der Waals surface area contributed by atoms with Gasteiger partial charge in [0.05, 0.1) is 10.3 Å². The Labute approximate surface area is 158 Å². The summed E-state index contributed by atoms with van der Waals surface area (Å²) in [6.45, 7) is 3.64. The fourth-order valence-electron chi connectivity index (χ4n) is 1.65. The van der Waals surface area contributed by atoms with Crippen LogP contribution in [0.3, 0.4) is 0 Å². The first kappa shape index (κ1) is 18.9. The molecule has 0 bridgehead atoms. The highest BCUT2D eigenvalue weighted by Crippen LogP contribution is 2.22. The zero-order chi connectivity index (χ0) is 14.4. The van der Waals surface area contributed by atoms with Crippen LogP contribution in [0.4, 0.5) is 0 Å². The molecule has 116 valence electrons. The Morgan fingerprint density at radius 2 is 2.14 bits per heavy atom. The molecule has 0 saturated heterocycles. The van der Waals surface area contributed by atoms with Crippen molar-refractivity contribution in [1.82, 2.24) is 15.6 Å². The van der Waals surface area contributed by atoms with Crippen LogP contribution in [0.1, 0.15) is 14.8 Å². The van der Waals surface area contributed by atoms with Crippen LogP contribution in [0, 0.1) is 6.92 Å². The van der Waals surface area contributed by atoms with Gasteiger partial charge in [-0.15, -0.1) is 46.7 Å². The normalized spacial score (nSPS) is 11.1. The second kappa shape index (κ2) is 9.75. The van der Waals surface area contributed by atoms with Crippen molar-refractivity contribution in [3.8, 4) is 0 Å². The zero-order valence-corrected chi connectivity index (χ0v) is 17.4. The summed E-state index contributed by atoms with van der Waals surface area (Å²) in [4.78, 5) is 11.1. The van der Waals surface area contributed by atoms with Gasteiger partial charge in [-0.05, 0) is 41.4 Å². The largest absolute Gasteiger partial charge is 0.356 e. The van der Waals surface area contributed by atoms with Gasteiger partial charge in [-0.25, -0.2) is 4.98 Å². The number of hydrogen-bond acceptors (Lipinski definition) is 4. The van der Waals surface area contributed by atoms with E-state index in [-0.39, 0.29) is 24.0 Å². The van der Waals surface area contributed by atoms with Gasteiger partial charge in [-0.1, -0.05) is 0 Å². The molecule has 2 rings (SSSR count). The van der Waals surface area contributed by atoms with E-state index in [4.69, 9.17) is 0 Å². The van der Waals surface area contributed by atoms with Crippen LogP contribution < -0.4 is 10.6 Å². The molecule has 0 spiro atoms. The summed E-state index contributed by atoms with van der Waals surface area (Å²) in [6, 6.07) is 4.23. The first-order valence-electron chi connectivity index (χ1n) is 6.27. The number of nitrogens with one attached hydrogen (secondary N) is 2. The Balaban J connectivity index is 0.00000220. The minimum Gasteiger partial charge on any atom is -0.356 e. The fourth-order valence-corrected chi connectivity index (χ4v) is 3.86. The molecule has 2 aromatic heterocycles. The number of rotatable bonds is 5. The maximum absolute atomic E-state index is 4.32. The van der Waals surface area contributed by atoms with Crippen LogP contribution in [0.5, 0.6) is 0 Å². The molecule has 0 fully saturated rings. The Hall–Kier alpha value is -0.190. The molecule has 0 aliphatic carbocycles. The van der Waals surface area contributed by atoms with Crippen LogP contribution >= 0.6 is 62.6 Å². The second-order valence-electron chi connectivity index (χ2n) is 4.17. The first-order chi connectivity index (χ1) is 9.67. The molecule has 8 heteroatoms. The van der Waals surface area contributed by atoms with E-state index >= 15 is 0 Å². The van der Waals surface area contributed by atoms with Gasteiger partial charge >= 0.3 is 0 Å². The lowest BCUT2D eigenvalue weighted by Gasteiger charge is -2.10. The maximum atomic E-state index is 4.32. The van der Waals surface area contributed by atoms with Gasteiger partial charge in [0.25, 0.3) is 0 Å². The van der Waals surface area contributed by atoms with E-state index in [9.17, 15) is 0 Å². The van der Waals surface area contributed by atoms with Crippen LogP contribution in [0.15, 0.2) is 27.1 Å². The molecule has 4 nitrogen and oxygen atoms in total. The average molecular weight is 501 g/mol. The highest BCUT2D eigenvalue weighted by atomic mass is 127. The fraction of sp³-hybridized carbons (Fsp3) is 0.385. The molecule has 2 aromatic rings. The highest BCUT2D eigenvalue weighted by molar-refractivity contribution is 14.0. The lowest BCUT2D eigenvalue weighted by atomic mass is 10.3. The van der Waals surface area contributed by atoms with E-state index < -0.39 is 0 Å². The molecule has 0 aliphatic heterocycles. The summed E-state index contributed by atoms with van der Waals surface area (Å²) >= 11 is 6.95.